The van der Waals surface area contributed by atoms with Crippen LogP contribution in [0.15, 0.2) is 42.9 Å². The third-order valence-electron chi connectivity index (χ3n) is 2.62. The summed E-state index contributed by atoms with van der Waals surface area (Å²) in [5.41, 5.74) is 0.879. The summed E-state index contributed by atoms with van der Waals surface area (Å²) in [5, 5.41) is 7.30. The van der Waals surface area contributed by atoms with Crippen molar-refractivity contribution in [2.45, 2.75) is 0 Å². The number of halogens is 1. The Bertz CT molecular complexity index is 745. The van der Waals surface area contributed by atoms with Crippen LogP contribution in [0.3, 0.4) is 0 Å². The first-order chi connectivity index (χ1) is 10.3. The van der Waals surface area contributed by atoms with Gasteiger partial charge in [-0.25, -0.2) is 9.67 Å². The topological polar surface area (TPSA) is 77.8 Å². The second kappa shape index (κ2) is 5.76. The highest BCUT2D eigenvalue weighted by molar-refractivity contribution is 6.31. The molecular weight excluding hydrogens is 292 g/mol. The lowest BCUT2D eigenvalue weighted by Gasteiger charge is -2.04. The van der Waals surface area contributed by atoms with E-state index in [4.69, 9.17) is 16.3 Å². The molecule has 0 amide bonds. The van der Waals surface area contributed by atoms with Gasteiger partial charge in [-0.15, -0.1) is 5.10 Å². The molecule has 0 fully saturated rings. The van der Waals surface area contributed by atoms with E-state index in [1.807, 2.05) is 30.3 Å². The molecule has 8 heteroatoms. The van der Waals surface area contributed by atoms with Gasteiger partial charge < -0.3 is 10.1 Å². The van der Waals surface area contributed by atoms with E-state index in [0.717, 1.165) is 5.69 Å². The van der Waals surface area contributed by atoms with Crippen molar-refractivity contribution < 1.29 is 4.74 Å². The van der Waals surface area contributed by atoms with Crippen LogP contribution in [0, 0.1) is 0 Å². The van der Waals surface area contributed by atoms with E-state index in [9.17, 15) is 0 Å². The number of benzene rings is 1. The maximum absolute atomic E-state index is 5.99. The van der Waals surface area contributed by atoms with Crippen LogP contribution in [0.2, 0.25) is 5.02 Å². The number of para-hydroxylation sites is 1. The average Bonchev–Trinajstić information content (AvgIpc) is 2.99. The highest BCUT2D eigenvalue weighted by Gasteiger charge is 2.11. The SMILES string of the molecule is CNc1ncc(Cl)c(Oc2ncn(-c3ccccc3)n2)n1. The van der Waals surface area contributed by atoms with E-state index >= 15 is 0 Å². The minimum absolute atomic E-state index is 0.154. The minimum Gasteiger partial charge on any atom is -0.402 e. The van der Waals surface area contributed by atoms with Crippen molar-refractivity contribution in [2.75, 3.05) is 12.4 Å². The summed E-state index contributed by atoms with van der Waals surface area (Å²) in [6.07, 6.45) is 3.00. The number of hydrogen-bond donors (Lipinski definition) is 1. The molecule has 0 spiro atoms. The van der Waals surface area contributed by atoms with Crippen LogP contribution in [-0.2, 0) is 0 Å². The zero-order valence-electron chi connectivity index (χ0n) is 11.1. The quantitative estimate of drug-likeness (QED) is 0.798. The molecule has 7 nitrogen and oxygen atoms in total. The Balaban J connectivity index is 1.85. The van der Waals surface area contributed by atoms with Gasteiger partial charge in [0.25, 0.3) is 0 Å². The smallest absolute Gasteiger partial charge is 0.342 e. The summed E-state index contributed by atoms with van der Waals surface area (Å²) in [6.45, 7) is 0. The number of rotatable bonds is 4. The number of aromatic nitrogens is 5. The Hall–Kier alpha value is -2.67. The van der Waals surface area contributed by atoms with Crippen LogP contribution in [0.25, 0.3) is 5.69 Å². The molecule has 1 aromatic carbocycles. The monoisotopic (exact) mass is 302 g/mol. The molecule has 106 valence electrons. The molecule has 0 aliphatic carbocycles. The Morgan fingerprint density at radius 2 is 2.00 bits per heavy atom. The molecule has 2 aromatic heterocycles. The Labute approximate surface area is 125 Å². The average molecular weight is 303 g/mol. The first-order valence-electron chi connectivity index (χ1n) is 6.11. The second-order valence-electron chi connectivity index (χ2n) is 4.01. The van der Waals surface area contributed by atoms with E-state index in [2.05, 4.69) is 25.4 Å². The van der Waals surface area contributed by atoms with Gasteiger partial charge in [0.1, 0.15) is 11.3 Å². The maximum atomic E-state index is 5.99. The molecule has 0 aliphatic heterocycles. The lowest BCUT2D eigenvalue weighted by molar-refractivity contribution is 0.424. The fraction of sp³-hybridized carbons (Fsp3) is 0.0769. The summed E-state index contributed by atoms with van der Waals surface area (Å²) in [4.78, 5) is 12.1. The predicted octanol–water partition coefficient (Wildman–Crippen LogP) is 2.54. The maximum Gasteiger partial charge on any atom is 0.342 e. The van der Waals surface area contributed by atoms with Crippen molar-refractivity contribution in [3.63, 3.8) is 0 Å². The van der Waals surface area contributed by atoms with E-state index in [0.29, 0.717) is 5.95 Å². The standard InChI is InChI=1S/C13H11ClN6O/c1-15-12-16-7-10(14)11(18-12)21-13-17-8-20(19-13)9-5-3-2-4-6-9/h2-8H,1H3,(H,15,16,18). The van der Waals surface area contributed by atoms with E-state index in [1.165, 1.54) is 6.20 Å². The van der Waals surface area contributed by atoms with Crippen molar-refractivity contribution in [1.29, 1.82) is 0 Å². The van der Waals surface area contributed by atoms with Gasteiger partial charge >= 0.3 is 6.01 Å². The third-order valence-corrected chi connectivity index (χ3v) is 2.87. The van der Waals surface area contributed by atoms with Crippen molar-refractivity contribution in [2.24, 2.45) is 0 Å². The van der Waals surface area contributed by atoms with Crippen LogP contribution in [0.4, 0.5) is 5.95 Å². The second-order valence-corrected chi connectivity index (χ2v) is 4.41. The third kappa shape index (κ3) is 2.92. The van der Waals surface area contributed by atoms with Gasteiger partial charge in [0.15, 0.2) is 0 Å². The molecule has 0 aliphatic rings. The van der Waals surface area contributed by atoms with E-state index < -0.39 is 0 Å². The molecule has 0 radical (unpaired) electrons. The molecule has 0 atom stereocenters. The molecule has 0 unspecified atom stereocenters. The highest BCUT2D eigenvalue weighted by atomic mass is 35.5. The molecule has 3 rings (SSSR count). The molecule has 2 heterocycles. The molecule has 0 saturated heterocycles. The van der Waals surface area contributed by atoms with Crippen LogP contribution < -0.4 is 10.1 Å². The van der Waals surface area contributed by atoms with Crippen LogP contribution >= 0.6 is 11.6 Å². The van der Waals surface area contributed by atoms with E-state index in [1.54, 1.807) is 18.1 Å². The van der Waals surface area contributed by atoms with Crippen molar-refractivity contribution in [3.05, 3.63) is 47.9 Å². The fourth-order valence-electron chi connectivity index (χ4n) is 1.63. The lowest BCUT2D eigenvalue weighted by Crippen LogP contribution is -1.99. The van der Waals surface area contributed by atoms with Crippen LogP contribution in [-0.4, -0.2) is 31.8 Å². The first kappa shape index (κ1) is 13.3. The summed E-state index contributed by atoms with van der Waals surface area (Å²) in [5.74, 6) is 0.596. The van der Waals surface area contributed by atoms with Crippen LogP contribution in [0.5, 0.6) is 11.9 Å². The zero-order valence-corrected chi connectivity index (χ0v) is 11.8. The van der Waals surface area contributed by atoms with E-state index in [-0.39, 0.29) is 16.9 Å². The van der Waals surface area contributed by atoms with Gasteiger partial charge in [-0.05, 0) is 12.1 Å². The molecule has 0 saturated carbocycles. The van der Waals surface area contributed by atoms with Gasteiger partial charge in [0, 0.05) is 7.05 Å². The Morgan fingerprint density at radius 3 is 2.76 bits per heavy atom. The Morgan fingerprint density at radius 1 is 1.19 bits per heavy atom. The zero-order chi connectivity index (χ0) is 14.7. The number of anilines is 1. The summed E-state index contributed by atoms with van der Waals surface area (Å²) in [6, 6.07) is 9.74. The predicted molar refractivity (Wildman–Crippen MR) is 78.0 cm³/mol. The minimum atomic E-state index is 0.154. The van der Waals surface area contributed by atoms with Crippen molar-refractivity contribution in [3.8, 4) is 17.6 Å². The summed E-state index contributed by atoms with van der Waals surface area (Å²) < 4.78 is 7.09. The molecule has 21 heavy (non-hydrogen) atoms. The van der Waals surface area contributed by atoms with Gasteiger partial charge in [0.05, 0.1) is 11.9 Å². The van der Waals surface area contributed by atoms with Gasteiger partial charge in [-0.1, -0.05) is 29.8 Å². The number of nitrogens with zero attached hydrogens (tertiary/aromatic N) is 5. The molecular formula is C13H11ClN6O. The van der Waals surface area contributed by atoms with Crippen LogP contribution in [0.1, 0.15) is 0 Å². The lowest BCUT2D eigenvalue weighted by atomic mass is 10.3. The number of ether oxygens (including phenoxy) is 1. The summed E-state index contributed by atoms with van der Waals surface area (Å²) in [7, 11) is 1.70. The van der Waals surface area contributed by atoms with Gasteiger partial charge in [0.2, 0.25) is 11.8 Å². The van der Waals surface area contributed by atoms with Gasteiger partial charge in [-0.3, -0.25) is 0 Å². The largest absolute Gasteiger partial charge is 0.402 e. The normalized spacial score (nSPS) is 10.4. The number of hydrogen-bond acceptors (Lipinski definition) is 6. The first-order valence-corrected chi connectivity index (χ1v) is 6.49. The van der Waals surface area contributed by atoms with Gasteiger partial charge in [-0.2, -0.15) is 9.97 Å². The molecule has 3 aromatic rings. The highest BCUT2D eigenvalue weighted by Crippen LogP contribution is 2.25. The molecule has 1 N–H and O–H groups in total. The Kier molecular flexibility index (Phi) is 3.65. The number of nitrogens with one attached hydrogen (secondary N) is 1. The van der Waals surface area contributed by atoms with Crippen molar-refractivity contribution in [1.82, 2.24) is 24.7 Å². The fourth-order valence-corrected chi connectivity index (χ4v) is 1.76. The van der Waals surface area contributed by atoms with Crippen molar-refractivity contribution >= 4 is 17.5 Å². The summed E-state index contributed by atoms with van der Waals surface area (Å²) >= 11 is 5.99. The molecule has 0 bridgehead atoms.